The second-order valence-corrected chi connectivity index (χ2v) is 6.02. The molecule has 1 saturated heterocycles. The zero-order chi connectivity index (χ0) is 13.9. The number of nitriles is 1. The van der Waals surface area contributed by atoms with Crippen molar-refractivity contribution < 1.29 is 9.47 Å². The first-order valence-corrected chi connectivity index (χ1v) is 7.01. The summed E-state index contributed by atoms with van der Waals surface area (Å²) in [5, 5.41) is 12.4. The molecule has 5 heteroatoms. The summed E-state index contributed by atoms with van der Waals surface area (Å²) in [4.78, 5) is 0. The number of hydrogen-bond donors (Lipinski definition) is 1. The molecular formula is C14H17BrN2O2. The van der Waals surface area contributed by atoms with Crippen LogP contribution in [0.3, 0.4) is 0 Å². The van der Waals surface area contributed by atoms with Gasteiger partial charge in [0.05, 0.1) is 5.60 Å². The summed E-state index contributed by atoms with van der Waals surface area (Å²) in [7, 11) is 0. The first kappa shape index (κ1) is 14.3. The molecule has 2 rings (SSSR count). The predicted molar refractivity (Wildman–Crippen MR) is 76.2 cm³/mol. The zero-order valence-electron chi connectivity index (χ0n) is 11.1. The molecule has 0 aliphatic carbocycles. The summed E-state index contributed by atoms with van der Waals surface area (Å²) < 4.78 is 12.4. The Bertz CT molecular complexity index is 497. The number of ether oxygens (including phenoxy) is 2. The van der Waals surface area contributed by atoms with Crippen LogP contribution in [0.2, 0.25) is 0 Å². The average Bonchev–Trinajstić information content (AvgIpc) is 2.35. The number of morpholine rings is 1. The lowest BCUT2D eigenvalue weighted by Gasteiger charge is -2.36. The van der Waals surface area contributed by atoms with Crippen molar-refractivity contribution in [3.05, 3.63) is 28.2 Å². The highest BCUT2D eigenvalue weighted by molar-refractivity contribution is 9.10. The van der Waals surface area contributed by atoms with Crippen LogP contribution in [0.25, 0.3) is 0 Å². The molecule has 0 spiro atoms. The van der Waals surface area contributed by atoms with E-state index < -0.39 is 0 Å². The Morgan fingerprint density at radius 1 is 1.58 bits per heavy atom. The molecule has 1 fully saturated rings. The van der Waals surface area contributed by atoms with Gasteiger partial charge in [0.2, 0.25) is 0 Å². The van der Waals surface area contributed by atoms with E-state index in [1.807, 2.05) is 26.0 Å². The van der Waals surface area contributed by atoms with Crippen LogP contribution in [0.4, 0.5) is 0 Å². The summed E-state index contributed by atoms with van der Waals surface area (Å²) in [6.07, 6.45) is -0.00530. The maximum Gasteiger partial charge on any atom is 0.138 e. The molecule has 1 aromatic carbocycles. The second-order valence-electron chi connectivity index (χ2n) is 5.17. The number of benzene rings is 1. The average molecular weight is 325 g/mol. The Labute approximate surface area is 121 Å². The van der Waals surface area contributed by atoms with Crippen molar-refractivity contribution >= 4 is 15.9 Å². The smallest absolute Gasteiger partial charge is 0.138 e. The molecule has 1 heterocycles. The van der Waals surface area contributed by atoms with Gasteiger partial charge < -0.3 is 14.8 Å². The highest BCUT2D eigenvalue weighted by atomic mass is 79.9. The van der Waals surface area contributed by atoms with Gasteiger partial charge in [0.25, 0.3) is 0 Å². The van der Waals surface area contributed by atoms with Gasteiger partial charge in [0, 0.05) is 17.6 Å². The fourth-order valence-corrected chi connectivity index (χ4v) is 2.51. The van der Waals surface area contributed by atoms with Crippen LogP contribution in [0.15, 0.2) is 22.7 Å². The van der Waals surface area contributed by atoms with E-state index in [-0.39, 0.29) is 11.7 Å². The van der Waals surface area contributed by atoms with E-state index in [1.165, 1.54) is 0 Å². The molecule has 0 amide bonds. The number of halogens is 1. The maximum absolute atomic E-state index is 9.12. The number of nitrogens with one attached hydrogen (secondary N) is 1. The summed E-state index contributed by atoms with van der Waals surface area (Å²) in [6.45, 7) is 6.13. The van der Waals surface area contributed by atoms with E-state index >= 15 is 0 Å². The Morgan fingerprint density at radius 2 is 2.37 bits per heavy atom. The number of hydrogen-bond acceptors (Lipinski definition) is 4. The third-order valence-electron chi connectivity index (χ3n) is 2.92. The van der Waals surface area contributed by atoms with Crippen LogP contribution in [-0.2, 0) is 4.74 Å². The van der Waals surface area contributed by atoms with E-state index in [2.05, 4.69) is 27.3 Å². The number of nitrogens with zero attached hydrogens (tertiary/aromatic N) is 1. The zero-order valence-corrected chi connectivity index (χ0v) is 12.7. The minimum Gasteiger partial charge on any atom is -0.489 e. The Kier molecular flexibility index (Phi) is 4.46. The van der Waals surface area contributed by atoms with Crippen molar-refractivity contribution in [1.29, 1.82) is 5.26 Å². The van der Waals surface area contributed by atoms with Gasteiger partial charge in [-0.2, -0.15) is 5.26 Å². The fraction of sp³-hybridized carbons (Fsp3) is 0.500. The summed E-state index contributed by atoms with van der Waals surface area (Å²) in [5.74, 6) is 0.587. The van der Waals surface area contributed by atoms with Crippen molar-refractivity contribution in [1.82, 2.24) is 5.32 Å². The highest BCUT2D eigenvalue weighted by Crippen LogP contribution is 2.26. The van der Waals surface area contributed by atoms with Gasteiger partial charge in [-0.05, 0) is 41.9 Å². The van der Waals surface area contributed by atoms with Crippen molar-refractivity contribution in [3.8, 4) is 11.8 Å². The summed E-state index contributed by atoms with van der Waals surface area (Å²) in [5.41, 5.74) is 0.340. The van der Waals surface area contributed by atoms with Gasteiger partial charge >= 0.3 is 0 Å². The molecule has 1 unspecified atom stereocenters. The predicted octanol–water partition coefficient (Wildman–Crippen LogP) is 2.47. The van der Waals surface area contributed by atoms with Crippen LogP contribution in [0.1, 0.15) is 19.4 Å². The lowest BCUT2D eigenvalue weighted by Crippen LogP contribution is -2.52. The minimum atomic E-state index is -0.179. The molecule has 0 aromatic heterocycles. The molecule has 4 nitrogen and oxygen atoms in total. The molecule has 0 radical (unpaired) electrons. The highest BCUT2D eigenvalue weighted by Gasteiger charge is 2.28. The Balaban J connectivity index is 2.00. The van der Waals surface area contributed by atoms with Crippen LogP contribution in [0.5, 0.6) is 5.75 Å². The molecule has 0 bridgehead atoms. The normalized spacial score (nSPS) is 21.7. The first-order chi connectivity index (χ1) is 9.02. The van der Waals surface area contributed by atoms with E-state index in [4.69, 9.17) is 14.7 Å². The van der Waals surface area contributed by atoms with Gasteiger partial charge in [-0.25, -0.2) is 0 Å². The van der Waals surface area contributed by atoms with E-state index in [0.29, 0.717) is 17.9 Å². The van der Waals surface area contributed by atoms with Crippen molar-refractivity contribution in [2.24, 2.45) is 0 Å². The second kappa shape index (κ2) is 5.91. The van der Waals surface area contributed by atoms with E-state index in [0.717, 1.165) is 17.6 Å². The van der Waals surface area contributed by atoms with Crippen molar-refractivity contribution in [3.63, 3.8) is 0 Å². The lowest BCUT2D eigenvalue weighted by atomic mass is 10.1. The topological polar surface area (TPSA) is 54.3 Å². The van der Waals surface area contributed by atoms with Crippen LogP contribution in [0, 0.1) is 11.3 Å². The number of rotatable bonds is 3. The molecular weight excluding hydrogens is 308 g/mol. The minimum absolute atomic E-state index is 0.00530. The van der Waals surface area contributed by atoms with E-state index in [1.54, 1.807) is 6.07 Å². The monoisotopic (exact) mass is 324 g/mol. The van der Waals surface area contributed by atoms with Crippen molar-refractivity contribution in [2.45, 2.75) is 25.6 Å². The molecule has 102 valence electrons. The van der Waals surface area contributed by atoms with Crippen LogP contribution >= 0.6 is 15.9 Å². The van der Waals surface area contributed by atoms with Gasteiger partial charge in [-0.15, -0.1) is 0 Å². The molecule has 19 heavy (non-hydrogen) atoms. The fourth-order valence-electron chi connectivity index (χ4n) is 2.08. The summed E-state index contributed by atoms with van der Waals surface area (Å²) >= 11 is 3.35. The standard InChI is InChI=1S/C14H17BrN2O2/c1-14(2)9-17-7-10(19-14)8-18-13-5-3-4-12(15)11(13)6-16/h3-5,10,17H,7-9H2,1-2H3. The van der Waals surface area contributed by atoms with Crippen molar-refractivity contribution in [2.75, 3.05) is 19.7 Å². The van der Waals surface area contributed by atoms with Gasteiger partial charge in [-0.1, -0.05) is 6.07 Å². The maximum atomic E-state index is 9.12. The third-order valence-corrected chi connectivity index (χ3v) is 3.58. The third kappa shape index (κ3) is 3.69. The van der Waals surface area contributed by atoms with Gasteiger partial charge in [0.15, 0.2) is 0 Å². The quantitative estimate of drug-likeness (QED) is 0.928. The van der Waals surface area contributed by atoms with Crippen LogP contribution < -0.4 is 10.1 Å². The first-order valence-electron chi connectivity index (χ1n) is 6.22. The van der Waals surface area contributed by atoms with Gasteiger partial charge in [0.1, 0.15) is 30.1 Å². The molecule has 1 aromatic rings. The van der Waals surface area contributed by atoms with Gasteiger partial charge in [-0.3, -0.25) is 0 Å². The lowest BCUT2D eigenvalue weighted by molar-refractivity contribution is -0.107. The molecule has 1 aliphatic heterocycles. The molecule has 0 saturated carbocycles. The van der Waals surface area contributed by atoms with E-state index in [9.17, 15) is 0 Å². The largest absolute Gasteiger partial charge is 0.489 e. The molecule has 1 N–H and O–H groups in total. The molecule has 1 aliphatic rings. The SMILES string of the molecule is CC1(C)CNCC(COc2cccc(Br)c2C#N)O1. The Morgan fingerprint density at radius 3 is 3.05 bits per heavy atom. The van der Waals surface area contributed by atoms with Crippen LogP contribution in [-0.4, -0.2) is 31.4 Å². The summed E-state index contributed by atoms with van der Waals surface area (Å²) in [6, 6.07) is 7.61. The molecule has 1 atom stereocenters. The Hall–Kier alpha value is -1.09.